The Balaban J connectivity index is 0.000000249. The molecular weight excluding hydrogens is 246 g/mol. The average Bonchev–Trinajstić information content (AvgIpc) is 2.15. The summed E-state index contributed by atoms with van der Waals surface area (Å²) in [6, 6.07) is 0.933. The normalized spacial score (nSPS) is 28.9. The van der Waals surface area contributed by atoms with Gasteiger partial charge >= 0.3 is 0 Å². The Morgan fingerprint density at radius 3 is 2.18 bits per heavy atom. The first-order valence-corrected chi connectivity index (χ1v) is 7.36. The van der Waals surface area contributed by atoms with Gasteiger partial charge in [0.2, 0.25) is 0 Å². The van der Waals surface area contributed by atoms with Gasteiger partial charge in [-0.3, -0.25) is 4.90 Å². The van der Waals surface area contributed by atoms with Gasteiger partial charge in [-0.1, -0.05) is 12.8 Å². The highest BCUT2D eigenvalue weighted by Gasteiger charge is 2.36. The van der Waals surface area contributed by atoms with Gasteiger partial charge in [0, 0.05) is 11.6 Å². The number of halogens is 1. The Hall–Kier alpha value is 0.0900. The minimum Gasteiger partial charge on any atom is -0.295 e. The van der Waals surface area contributed by atoms with Crippen molar-refractivity contribution in [2.75, 3.05) is 6.54 Å². The van der Waals surface area contributed by atoms with Crippen LogP contribution in [0.1, 0.15) is 52.4 Å². The van der Waals surface area contributed by atoms with Gasteiger partial charge in [0.05, 0.1) is 14.9 Å². The molecule has 2 aliphatic heterocycles. The van der Waals surface area contributed by atoms with Crippen LogP contribution in [0.25, 0.3) is 0 Å². The molecule has 1 atom stereocenters. The smallest absolute Gasteiger partial charge is 0.0777 e. The van der Waals surface area contributed by atoms with Crippen LogP contribution in [-0.2, 0) is 0 Å². The molecule has 0 radical (unpaired) electrons. The maximum atomic E-state index is 8.60. The van der Waals surface area contributed by atoms with E-state index in [-0.39, 0.29) is 0 Å². The molecule has 0 aliphatic carbocycles. The third-order valence-electron chi connectivity index (χ3n) is 3.73. The SMILES string of the molecule is CC1(C)CCCC2CCCCN21.[O-][Cl+3]([O-])([O-])O. The molecule has 2 heterocycles. The first-order valence-electron chi connectivity index (χ1n) is 6.10. The van der Waals surface area contributed by atoms with E-state index in [0.717, 1.165) is 6.04 Å². The molecule has 0 amide bonds. The lowest BCUT2D eigenvalue weighted by atomic mass is 9.82. The Kier molecular flexibility index (Phi) is 5.19. The molecule has 5 nitrogen and oxygen atoms in total. The lowest BCUT2D eigenvalue weighted by Crippen LogP contribution is -2.58. The zero-order valence-electron chi connectivity index (χ0n) is 10.5. The van der Waals surface area contributed by atoms with E-state index in [0.29, 0.717) is 5.54 Å². The van der Waals surface area contributed by atoms with E-state index in [1.807, 2.05) is 0 Å². The summed E-state index contributed by atoms with van der Waals surface area (Å²) in [5.74, 6) is 0. The highest BCUT2D eigenvalue weighted by molar-refractivity contribution is 4.93. The van der Waals surface area contributed by atoms with E-state index in [1.165, 1.54) is 45.1 Å². The van der Waals surface area contributed by atoms with Crippen LogP contribution in [0.4, 0.5) is 0 Å². The predicted octanol–water partition coefficient (Wildman–Crippen LogP) is -1.32. The standard InChI is InChI=1S/C11H21N.ClHO4/c1-11(2)8-5-7-10-6-3-4-9-12(10)11;2-1(3,4)5/h10H,3-9H2,1-2H3;(H,2,3,4,5). The summed E-state index contributed by atoms with van der Waals surface area (Å²) in [4.78, 5) is 2.76. The first kappa shape index (κ1) is 15.1. The van der Waals surface area contributed by atoms with Gasteiger partial charge in [0.15, 0.2) is 0 Å². The van der Waals surface area contributed by atoms with Crippen LogP contribution in [0.5, 0.6) is 0 Å². The molecule has 2 fully saturated rings. The molecule has 17 heavy (non-hydrogen) atoms. The topological polar surface area (TPSA) is 92.7 Å². The molecule has 2 aliphatic rings. The molecule has 0 saturated carbocycles. The van der Waals surface area contributed by atoms with Crippen molar-refractivity contribution < 1.29 is 28.9 Å². The van der Waals surface area contributed by atoms with Crippen LogP contribution in [-0.4, -0.2) is 27.7 Å². The Labute approximate surface area is 105 Å². The number of rotatable bonds is 0. The van der Waals surface area contributed by atoms with Crippen molar-refractivity contribution in [3.63, 3.8) is 0 Å². The summed E-state index contributed by atoms with van der Waals surface area (Å²) in [7, 11) is -4.69. The largest absolute Gasteiger partial charge is 0.295 e. The van der Waals surface area contributed by atoms with E-state index in [2.05, 4.69) is 18.7 Å². The second-order valence-electron chi connectivity index (χ2n) is 5.44. The van der Waals surface area contributed by atoms with Gasteiger partial charge in [-0.05, 0) is 46.1 Å². The Bertz CT molecular complexity index is 234. The lowest BCUT2D eigenvalue weighted by molar-refractivity contribution is -1.92. The van der Waals surface area contributed by atoms with Crippen molar-refractivity contribution in [3.05, 3.63) is 0 Å². The molecule has 0 aromatic carbocycles. The van der Waals surface area contributed by atoms with Crippen molar-refractivity contribution in [1.29, 1.82) is 0 Å². The minimum absolute atomic E-state index is 0.503. The molecule has 2 rings (SSSR count). The van der Waals surface area contributed by atoms with Crippen molar-refractivity contribution >= 4 is 0 Å². The highest BCUT2D eigenvalue weighted by atomic mass is 35.7. The molecule has 0 aromatic heterocycles. The molecule has 0 bridgehead atoms. The van der Waals surface area contributed by atoms with Gasteiger partial charge in [0.1, 0.15) is 0 Å². The molecule has 1 N–H and O–H groups in total. The van der Waals surface area contributed by atoms with E-state index in [4.69, 9.17) is 18.6 Å². The fraction of sp³-hybridized carbons (Fsp3) is 1.00. The molecule has 2 saturated heterocycles. The van der Waals surface area contributed by atoms with Crippen LogP contribution >= 0.6 is 0 Å². The summed E-state index contributed by atoms with van der Waals surface area (Å²) < 4.78 is 32.7. The lowest BCUT2D eigenvalue weighted by Gasteiger charge is -2.50. The summed E-state index contributed by atoms with van der Waals surface area (Å²) in [5, 5.41) is 0. The van der Waals surface area contributed by atoms with Crippen LogP contribution in [0.3, 0.4) is 0 Å². The maximum absolute atomic E-state index is 8.60. The van der Waals surface area contributed by atoms with E-state index in [1.54, 1.807) is 0 Å². The van der Waals surface area contributed by atoms with Crippen molar-refractivity contribution in [1.82, 2.24) is 4.90 Å². The zero-order chi connectivity index (χ0) is 13.1. The molecule has 102 valence electrons. The Morgan fingerprint density at radius 2 is 1.65 bits per heavy atom. The molecular formula is C11H22ClNO4. The molecule has 1 unspecified atom stereocenters. The Morgan fingerprint density at radius 1 is 1.12 bits per heavy atom. The van der Waals surface area contributed by atoms with E-state index >= 15 is 0 Å². The monoisotopic (exact) mass is 267 g/mol. The maximum Gasteiger partial charge on any atom is 0.0777 e. The van der Waals surface area contributed by atoms with Crippen molar-refractivity contribution in [3.8, 4) is 0 Å². The van der Waals surface area contributed by atoms with Gasteiger partial charge < -0.3 is 0 Å². The summed E-state index contributed by atoms with van der Waals surface area (Å²) in [6.45, 7) is 6.20. The van der Waals surface area contributed by atoms with Crippen LogP contribution in [0.2, 0.25) is 0 Å². The number of nitrogens with zero attached hydrogens (tertiary/aromatic N) is 1. The van der Waals surface area contributed by atoms with Gasteiger partial charge in [-0.25, -0.2) is 0 Å². The minimum atomic E-state index is -4.69. The van der Waals surface area contributed by atoms with E-state index < -0.39 is 10.2 Å². The number of hydrogen-bond acceptors (Lipinski definition) is 5. The highest BCUT2D eigenvalue weighted by Crippen LogP contribution is 2.36. The fourth-order valence-corrected chi connectivity index (χ4v) is 3.01. The summed E-state index contributed by atoms with van der Waals surface area (Å²) >= 11 is 0. The average molecular weight is 268 g/mol. The molecule has 6 heteroatoms. The van der Waals surface area contributed by atoms with Crippen LogP contribution in [0.15, 0.2) is 0 Å². The molecule has 0 spiro atoms. The predicted molar refractivity (Wildman–Crippen MR) is 54.5 cm³/mol. The quantitative estimate of drug-likeness (QED) is 0.588. The second kappa shape index (κ2) is 5.82. The van der Waals surface area contributed by atoms with Gasteiger partial charge in [-0.2, -0.15) is 14.0 Å². The van der Waals surface area contributed by atoms with Crippen LogP contribution in [0, 0.1) is 10.2 Å². The van der Waals surface area contributed by atoms with Gasteiger partial charge in [0.25, 0.3) is 0 Å². The van der Waals surface area contributed by atoms with Gasteiger partial charge in [-0.15, -0.1) is 0 Å². The van der Waals surface area contributed by atoms with Crippen LogP contribution < -0.4 is 14.0 Å². The van der Waals surface area contributed by atoms with E-state index in [9.17, 15) is 0 Å². The number of fused-ring (bicyclic) bond motifs is 1. The van der Waals surface area contributed by atoms with Crippen molar-refractivity contribution in [2.24, 2.45) is 0 Å². The summed E-state index contributed by atoms with van der Waals surface area (Å²) in [6.07, 6.45) is 8.68. The second-order valence-corrected chi connectivity index (χ2v) is 6.24. The number of hydrogen-bond donors (Lipinski definition) is 1. The summed E-state index contributed by atoms with van der Waals surface area (Å²) in [5.41, 5.74) is 0.503. The third-order valence-corrected chi connectivity index (χ3v) is 3.73. The zero-order valence-corrected chi connectivity index (χ0v) is 11.3. The molecule has 0 aromatic rings. The number of piperidine rings is 2. The van der Waals surface area contributed by atoms with Crippen molar-refractivity contribution in [2.45, 2.75) is 64.0 Å². The first-order chi connectivity index (χ1) is 7.70. The third kappa shape index (κ3) is 5.50. The fourth-order valence-electron chi connectivity index (χ4n) is 3.01.